The first-order valence-electron chi connectivity index (χ1n) is 8.73. The molecule has 2 saturated heterocycles. The number of carbonyl (C=O) groups is 2. The van der Waals surface area contributed by atoms with Crippen LogP contribution in [0.5, 0.6) is 0 Å². The Morgan fingerprint density at radius 2 is 1.96 bits per heavy atom. The van der Waals surface area contributed by atoms with E-state index < -0.39 is 15.8 Å². The minimum absolute atomic E-state index is 0.0455. The van der Waals surface area contributed by atoms with Gasteiger partial charge in [0.05, 0.1) is 17.5 Å². The first-order valence-corrected chi connectivity index (χ1v) is 11.4. The van der Waals surface area contributed by atoms with Crippen LogP contribution in [-0.2, 0) is 19.4 Å². The minimum Gasteiger partial charge on any atom is -0.481 e. The second-order valence-electron chi connectivity index (χ2n) is 6.97. The van der Waals surface area contributed by atoms with E-state index in [-0.39, 0.29) is 48.0 Å². The summed E-state index contributed by atoms with van der Waals surface area (Å²) < 4.78 is 24.1. The fourth-order valence-corrected chi connectivity index (χ4v) is 7.23. The van der Waals surface area contributed by atoms with E-state index in [9.17, 15) is 18.0 Å². The molecule has 27 heavy (non-hydrogen) atoms. The number of nitrogens with zero attached hydrogens (tertiary/aromatic N) is 2. The van der Waals surface area contributed by atoms with Crippen molar-refractivity contribution in [2.24, 2.45) is 4.99 Å². The number of thioether (sulfide) groups is 1. The molecule has 1 aromatic rings. The molecule has 0 bridgehead atoms. The number of rotatable bonds is 5. The van der Waals surface area contributed by atoms with Crippen LogP contribution in [0.3, 0.4) is 0 Å². The van der Waals surface area contributed by atoms with Crippen molar-refractivity contribution in [2.45, 2.75) is 44.4 Å². The highest BCUT2D eigenvalue weighted by Gasteiger charge is 2.49. The summed E-state index contributed by atoms with van der Waals surface area (Å²) in [4.78, 5) is 28.8. The number of amidine groups is 1. The quantitative estimate of drug-likeness (QED) is 0.793. The van der Waals surface area contributed by atoms with Crippen molar-refractivity contribution >= 4 is 44.3 Å². The number of benzene rings is 1. The second-order valence-corrected chi connectivity index (χ2v) is 10.3. The highest BCUT2D eigenvalue weighted by Crippen LogP contribution is 2.41. The molecular formula is C18H22N2O5S2. The second kappa shape index (κ2) is 7.63. The lowest BCUT2D eigenvalue weighted by molar-refractivity contribution is -0.137. The number of sulfone groups is 1. The Labute approximate surface area is 162 Å². The fourth-order valence-electron chi connectivity index (χ4n) is 3.30. The van der Waals surface area contributed by atoms with Crippen LogP contribution in [0, 0.1) is 13.8 Å². The van der Waals surface area contributed by atoms with Crippen LogP contribution in [0.15, 0.2) is 23.2 Å². The third-order valence-corrected chi connectivity index (χ3v) is 8.05. The van der Waals surface area contributed by atoms with Gasteiger partial charge in [-0.1, -0.05) is 17.8 Å². The van der Waals surface area contributed by atoms with Crippen LogP contribution in [0.4, 0.5) is 5.69 Å². The summed E-state index contributed by atoms with van der Waals surface area (Å²) in [5, 5.41) is 9.04. The lowest BCUT2D eigenvalue weighted by Gasteiger charge is -2.25. The number of aliphatic carboxylic acids is 1. The van der Waals surface area contributed by atoms with Crippen molar-refractivity contribution in [1.29, 1.82) is 0 Å². The van der Waals surface area contributed by atoms with Gasteiger partial charge in [0, 0.05) is 23.8 Å². The van der Waals surface area contributed by atoms with Gasteiger partial charge in [0.25, 0.3) is 0 Å². The molecule has 2 aliphatic heterocycles. The van der Waals surface area contributed by atoms with Gasteiger partial charge in [0.2, 0.25) is 5.91 Å². The van der Waals surface area contributed by atoms with E-state index >= 15 is 0 Å². The largest absolute Gasteiger partial charge is 0.481 e. The first kappa shape index (κ1) is 19.9. The number of amides is 1. The molecule has 2 atom stereocenters. The van der Waals surface area contributed by atoms with Crippen LogP contribution in [0.25, 0.3) is 0 Å². The zero-order valence-corrected chi connectivity index (χ0v) is 16.8. The number of anilines is 1. The first-order chi connectivity index (χ1) is 12.7. The van der Waals surface area contributed by atoms with Crippen molar-refractivity contribution in [3.8, 4) is 0 Å². The van der Waals surface area contributed by atoms with E-state index in [1.807, 2.05) is 36.9 Å². The van der Waals surface area contributed by atoms with Gasteiger partial charge in [-0.25, -0.2) is 8.42 Å². The van der Waals surface area contributed by atoms with E-state index in [0.29, 0.717) is 5.17 Å². The van der Waals surface area contributed by atoms with Gasteiger partial charge < -0.3 is 10.0 Å². The molecule has 0 saturated carbocycles. The summed E-state index contributed by atoms with van der Waals surface area (Å²) in [5.41, 5.74) is 3.03. The molecule has 1 aromatic carbocycles. The molecule has 7 nitrogen and oxygen atoms in total. The van der Waals surface area contributed by atoms with Crippen molar-refractivity contribution in [1.82, 2.24) is 0 Å². The predicted molar refractivity (Wildman–Crippen MR) is 106 cm³/mol. The van der Waals surface area contributed by atoms with E-state index in [4.69, 9.17) is 5.11 Å². The average Bonchev–Trinajstić information content (AvgIpc) is 3.00. The van der Waals surface area contributed by atoms with Gasteiger partial charge in [-0.3, -0.25) is 9.59 Å². The SMILES string of the molecule is Cc1ccc(N2C(=NC(=O)CCCC(=O)O)SC3CS(=O)(=O)CC32)cc1C. The molecule has 0 aromatic heterocycles. The number of carbonyl (C=O) groups excluding carboxylic acids is 1. The third-order valence-electron chi connectivity index (χ3n) is 4.84. The maximum atomic E-state index is 12.2. The van der Waals surface area contributed by atoms with Crippen molar-refractivity contribution in [3.63, 3.8) is 0 Å². The number of fused-ring (bicyclic) bond motifs is 1. The summed E-state index contributed by atoms with van der Waals surface area (Å²) in [6.07, 6.45) is 0.222. The topological polar surface area (TPSA) is 104 Å². The van der Waals surface area contributed by atoms with Crippen molar-refractivity contribution in [3.05, 3.63) is 29.3 Å². The normalized spacial score (nSPS) is 25.0. The highest BCUT2D eigenvalue weighted by molar-refractivity contribution is 8.16. The van der Waals surface area contributed by atoms with E-state index in [1.165, 1.54) is 11.8 Å². The number of aryl methyl sites for hydroxylation is 2. The fraction of sp³-hybridized carbons (Fsp3) is 0.500. The zero-order chi connectivity index (χ0) is 19.8. The van der Waals surface area contributed by atoms with Gasteiger partial charge in [-0.2, -0.15) is 4.99 Å². The molecule has 2 heterocycles. The van der Waals surface area contributed by atoms with Gasteiger partial charge in [0.15, 0.2) is 15.0 Å². The van der Waals surface area contributed by atoms with Crippen LogP contribution in [0.1, 0.15) is 30.4 Å². The van der Waals surface area contributed by atoms with Gasteiger partial charge >= 0.3 is 5.97 Å². The Kier molecular flexibility index (Phi) is 5.62. The zero-order valence-electron chi connectivity index (χ0n) is 15.2. The smallest absolute Gasteiger partial charge is 0.303 e. The van der Waals surface area contributed by atoms with E-state index in [1.54, 1.807) is 0 Å². The number of carboxylic acid groups (broad SMARTS) is 1. The number of carboxylic acids is 1. The molecule has 2 unspecified atom stereocenters. The Morgan fingerprint density at radius 3 is 2.63 bits per heavy atom. The summed E-state index contributed by atoms with van der Waals surface area (Å²) in [6.45, 7) is 3.99. The number of hydrogen-bond donors (Lipinski definition) is 1. The number of hydrogen-bond acceptors (Lipinski definition) is 5. The van der Waals surface area contributed by atoms with Crippen molar-refractivity contribution < 1.29 is 23.1 Å². The van der Waals surface area contributed by atoms with Crippen LogP contribution in [-0.4, -0.2) is 53.4 Å². The Bertz CT molecular complexity index is 910. The standard InChI is InChI=1S/C18H22N2O5S2/c1-11-6-7-13(8-12(11)2)20-14-9-27(24,25)10-15(14)26-18(20)19-16(21)4-3-5-17(22)23/h6-8,14-15H,3-5,9-10H2,1-2H3,(H,22,23). The van der Waals surface area contributed by atoms with Crippen LogP contribution >= 0.6 is 11.8 Å². The molecular weight excluding hydrogens is 388 g/mol. The van der Waals surface area contributed by atoms with Crippen molar-refractivity contribution in [2.75, 3.05) is 16.4 Å². The van der Waals surface area contributed by atoms with Crippen LogP contribution in [0.2, 0.25) is 0 Å². The molecule has 2 aliphatic rings. The lowest BCUT2D eigenvalue weighted by Crippen LogP contribution is -2.37. The molecule has 2 fully saturated rings. The van der Waals surface area contributed by atoms with E-state index in [2.05, 4.69) is 4.99 Å². The molecule has 0 radical (unpaired) electrons. The third kappa shape index (κ3) is 4.52. The molecule has 1 amide bonds. The molecule has 9 heteroatoms. The van der Waals surface area contributed by atoms with Crippen LogP contribution < -0.4 is 4.90 Å². The monoisotopic (exact) mass is 410 g/mol. The molecule has 0 spiro atoms. The van der Waals surface area contributed by atoms with Gasteiger partial charge in [0.1, 0.15) is 0 Å². The maximum Gasteiger partial charge on any atom is 0.303 e. The lowest BCUT2D eigenvalue weighted by atomic mass is 10.1. The highest BCUT2D eigenvalue weighted by atomic mass is 32.2. The Morgan fingerprint density at radius 1 is 1.22 bits per heavy atom. The minimum atomic E-state index is -3.11. The Balaban J connectivity index is 1.88. The molecule has 1 N–H and O–H groups in total. The Hall–Kier alpha value is -1.87. The summed E-state index contributed by atoms with van der Waals surface area (Å²) in [6, 6.07) is 5.62. The molecule has 146 valence electrons. The maximum absolute atomic E-state index is 12.2. The predicted octanol–water partition coefficient (Wildman–Crippen LogP) is 2.16. The van der Waals surface area contributed by atoms with E-state index in [0.717, 1.165) is 16.8 Å². The van der Waals surface area contributed by atoms with Gasteiger partial charge in [-0.15, -0.1) is 0 Å². The number of aliphatic imine (C=N–C) groups is 1. The summed E-state index contributed by atoms with van der Waals surface area (Å²) in [5.74, 6) is -1.20. The molecule has 3 rings (SSSR count). The van der Waals surface area contributed by atoms with Gasteiger partial charge in [-0.05, 0) is 43.5 Å². The average molecular weight is 411 g/mol. The molecule has 0 aliphatic carbocycles. The summed E-state index contributed by atoms with van der Waals surface area (Å²) >= 11 is 1.32. The summed E-state index contributed by atoms with van der Waals surface area (Å²) in [7, 11) is -3.11.